The van der Waals surface area contributed by atoms with E-state index in [-0.39, 0.29) is 24.3 Å². The normalized spacial score (nSPS) is 15.4. The van der Waals surface area contributed by atoms with Crippen molar-refractivity contribution in [2.24, 2.45) is 0 Å². The van der Waals surface area contributed by atoms with E-state index in [2.05, 4.69) is 0 Å². The van der Waals surface area contributed by atoms with E-state index >= 15 is 0 Å². The van der Waals surface area contributed by atoms with Gasteiger partial charge in [0.05, 0.1) is 22.2 Å². The van der Waals surface area contributed by atoms with Gasteiger partial charge in [-0.05, 0) is 43.2 Å². The molecule has 4 rings (SSSR count). The first-order chi connectivity index (χ1) is 17.4. The Morgan fingerprint density at radius 1 is 1.05 bits per heavy atom. The number of rotatable bonds is 10. The van der Waals surface area contributed by atoms with E-state index < -0.39 is 20.2 Å². The molecule has 0 fully saturated rings. The van der Waals surface area contributed by atoms with Crippen LogP contribution < -0.4 is 9.47 Å². The molecule has 1 aliphatic heterocycles. The predicted octanol–water partition coefficient (Wildman–Crippen LogP) is 5.17. The van der Waals surface area contributed by atoms with Crippen molar-refractivity contribution in [2.45, 2.75) is 31.2 Å². The molecule has 0 unspecified atom stereocenters. The molecule has 0 saturated carbocycles. The third-order valence-electron chi connectivity index (χ3n) is 5.69. The number of halogens is 1. The molecule has 13 heteroatoms. The standard InChI is InChI=1S/C24H25ClN2O6S4/c1-17-6-2-7-19-24(17)35-23(26(19)12-4-14-36(28,29)30)9-3-8-22-27(13-5-15-37(31,32)33)20-16-18(25)10-11-21(20)34-22/h2-3,6-11,16H,4-5,12-15H2,1H3,(H-,28,29,30,31,32,33)/p+1. The number of benzene rings is 2. The molecule has 0 bridgehead atoms. The van der Waals surface area contributed by atoms with Crippen LogP contribution in [0, 0.1) is 6.92 Å². The maximum absolute atomic E-state index is 11.2. The van der Waals surface area contributed by atoms with Gasteiger partial charge in [0.1, 0.15) is 4.70 Å². The molecule has 0 aliphatic carbocycles. The number of allylic oxidation sites excluding steroid dienone is 2. The molecule has 37 heavy (non-hydrogen) atoms. The van der Waals surface area contributed by atoms with Gasteiger partial charge in [-0.2, -0.15) is 21.4 Å². The van der Waals surface area contributed by atoms with Crippen LogP contribution in [0.3, 0.4) is 0 Å². The summed E-state index contributed by atoms with van der Waals surface area (Å²) < 4.78 is 66.3. The summed E-state index contributed by atoms with van der Waals surface area (Å²) in [7, 11) is -8.10. The van der Waals surface area contributed by atoms with E-state index in [1.54, 1.807) is 29.2 Å². The SMILES string of the molecule is Cc1cccc2c1sc(C=CC=C1Sc3ccc(Cl)cc3N1CCCS(=O)(=O)O)[n+]2CCCS(=O)(=O)O. The third kappa shape index (κ3) is 7.34. The molecule has 198 valence electrons. The molecule has 0 radical (unpaired) electrons. The lowest BCUT2D eigenvalue weighted by Crippen LogP contribution is -2.36. The predicted molar refractivity (Wildman–Crippen MR) is 151 cm³/mol. The number of fused-ring (bicyclic) bond motifs is 2. The van der Waals surface area contributed by atoms with E-state index in [9.17, 15) is 16.8 Å². The lowest BCUT2D eigenvalue weighted by atomic mass is 10.2. The average Bonchev–Trinajstić information content (AvgIpc) is 3.31. The highest BCUT2D eigenvalue weighted by atomic mass is 35.5. The zero-order chi connectivity index (χ0) is 26.8. The maximum Gasteiger partial charge on any atom is 0.265 e. The molecule has 0 amide bonds. The number of aromatic nitrogens is 1. The van der Waals surface area contributed by atoms with Crippen LogP contribution in [0.4, 0.5) is 5.69 Å². The molecule has 0 saturated heterocycles. The molecule has 3 aromatic rings. The Kier molecular flexibility index (Phi) is 8.68. The van der Waals surface area contributed by atoms with E-state index in [1.807, 2.05) is 65.0 Å². The smallest absolute Gasteiger partial charge is 0.265 e. The summed E-state index contributed by atoms with van der Waals surface area (Å²) in [5.74, 6) is -0.649. The van der Waals surface area contributed by atoms with Crippen molar-refractivity contribution in [2.75, 3.05) is 23.0 Å². The van der Waals surface area contributed by atoms with Gasteiger partial charge in [-0.1, -0.05) is 52.9 Å². The van der Waals surface area contributed by atoms with Crippen LogP contribution in [-0.4, -0.2) is 44.0 Å². The van der Waals surface area contributed by atoms with Gasteiger partial charge in [0.15, 0.2) is 6.54 Å². The summed E-state index contributed by atoms with van der Waals surface area (Å²) >= 11 is 9.35. The van der Waals surface area contributed by atoms with Crippen molar-refractivity contribution in [1.82, 2.24) is 0 Å². The first-order valence-corrected chi connectivity index (χ1v) is 16.6. The summed E-state index contributed by atoms with van der Waals surface area (Å²) in [6.45, 7) is 2.84. The van der Waals surface area contributed by atoms with Crippen LogP contribution in [0.25, 0.3) is 16.3 Å². The van der Waals surface area contributed by atoms with Crippen molar-refractivity contribution >= 4 is 76.9 Å². The first-order valence-electron chi connectivity index (χ1n) is 11.4. The Hall–Kier alpha value is -1.93. The van der Waals surface area contributed by atoms with Crippen LogP contribution in [0.1, 0.15) is 23.4 Å². The number of hydrogen-bond acceptors (Lipinski definition) is 7. The highest BCUT2D eigenvalue weighted by Gasteiger charge is 2.25. The van der Waals surface area contributed by atoms with Gasteiger partial charge in [0.2, 0.25) is 5.52 Å². The fourth-order valence-corrected chi connectivity index (χ4v) is 7.47. The Morgan fingerprint density at radius 2 is 1.78 bits per heavy atom. The molecule has 2 heterocycles. The fourth-order valence-electron chi connectivity index (χ4n) is 4.07. The first kappa shape index (κ1) is 28.1. The number of thiazole rings is 1. The van der Waals surface area contributed by atoms with E-state index in [0.29, 0.717) is 18.1 Å². The second-order valence-electron chi connectivity index (χ2n) is 8.52. The number of anilines is 1. The highest BCUT2D eigenvalue weighted by molar-refractivity contribution is 8.03. The van der Waals surface area contributed by atoms with Crippen molar-refractivity contribution in [3.63, 3.8) is 0 Å². The van der Waals surface area contributed by atoms with E-state index in [0.717, 1.165) is 36.4 Å². The van der Waals surface area contributed by atoms with Crippen LogP contribution in [0.5, 0.6) is 0 Å². The van der Waals surface area contributed by atoms with E-state index in [4.69, 9.17) is 20.7 Å². The number of nitrogens with zero attached hydrogens (tertiary/aromatic N) is 2. The second kappa shape index (κ2) is 11.4. The van der Waals surface area contributed by atoms with Crippen LogP contribution in [-0.2, 0) is 26.8 Å². The summed E-state index contributed by atoms with van der Waals surface area (Å²) in [6, 6.07) is 11.5. The van der Waals surface area contributed by atoms with Crippen LogP contribution in [0.15, 0.2) is 58.5 Å². The number of aryl methyl sites for hydroxylation is 2. The Labute approximate surface area is 229 Å². The molecule has 1 aliphatic rings. The Balaban J connectivity index is 1.62. The summed E-state index contributed by atoms with van der Waals surface area (Å²) in [5, 5.41) is 2.39. The topological polar surface area (TPSA) is 116 Å². The summed E-state index contributed by atoms with van der Waals surface area (Å²) in [6.07, 6.45) is 6.32. The summed E-state index contributed by atoms with van der Waals surface area (Å²) in [5.41, 5.74) is 3.00. The molecule has 0 spiro atoms. The third-order valence-corrected chi connectivity index (χ3v) is 9.97. The fraction of sp³-hybridized carbons (Fsp3) is 0.292. The van der Waals surface area contributed by atoms with Gasteiger partial charge < -0.3 is 4.90 Å². The molecule has 8 nitrogen and oxygen atoms in total. The Bertz CT molecular complexity index is 1600. The van der Waals surface area contributed by atoms with Gasteiger partial charge in [-0.15, -0.1) is 0 Å². The van der Waals surface area contributed by atoms with Crippen molar-refractivity contribution in [3.8, 4) is 0 Å². The van der Waals surface area contributed by atoms with Crippen molar-refractivity contribution in [3.05, 3.63) is 69.2 Å². The minimum atomic E-state index is -4.06. The lowest BCUT2D eigenvalue weighted by molar-refractivity contribution is -0.668. The van der Waals surface area contributed by atoms with Crippen LogP contribution >= 0.6 is 34.7 Å². The second-order valence-corrected chi connectivity index (χ2v) is 14.2. The highest BCUT2D eigenvalue weighted by Crippen LogP contribution is 2.47. The van der Waals surface area contributed by atoms with Crippen molar-refractivity contribution < 1.29 is 30.5 Å². The van der Waals surface area contributed by atoms with Gasteiger partial charge >= 0.3 is 0 Å². The largest absolute Gasteiger partial charge is 0.335 e. The monoisotopic (exact) mass is 601 g/mol. The Morgan fingerprint density at radius 3 is 2.51 bits per heavy atom. The van der Waals surface area contributed by atoms with Gasteiger partial charge in [0, 0.05) is 35.0 Å². The molecule has 2 aromatic carbocycles. The van der Waals surface area contributed by atoms with Crippen molar-refractivity contribution in [1.29, 1.82) is 0 Å². The molecule has 2 N–H and O–H groups in total. The molecule has 1 aromatic heterocycles. The number of hydrogen-bond donors (Lipinski definition) is 2. The lowest BCUT2D eigenvalue weighted by Gasteiger charge is -2.20. The van der Waals surface area contributed by atoms with E-state index in [1.165, 1.54) is 0 Å². The quantitative estimate of drug-likeness (QED) is 0.241. The molecular formula is C24H26ClN2O6S4+. The zero-order valence-electron chi connectivity index (χ0n) is 19.9. The number of thioether (sulfide) groups is 1. The summed E-state index contributed by atoms with van der Waals surface area (Å²) in [4.78, 5) is 2.98. The van der Waals surface area contributed by atoms with Gasteiger partial charge in [-0.25, -0.2) is 0 Å². The molecule has 0 atom stereocenters. The molecular weight excluding hydrogens is 576 g/mol. The van der Waals surface area contributed by atoms with Gasteiger partial charge in [-0.3, -0.25) is 9.11 Å². The average molecular weight is 602 g/mol. The minimum absolute atomic E-state index is 0.246. The minimum Gasteiger partial charge on any atom is -0.335 e. The van der Waals surface area contributed by atoms with Gasteiger partial charge in [0.25, 0.3) is 25.2 Å². The maximum atomic E-state index is 11.2. The van der Waals surface area contributed by atoms with Crippen LogP contribution in [0.2, 0.25) is 5.02 Å². The zero-order valence-corrected chi connectivity index (χ0v) is 23.9.